The van der Waals surface area contributed by atoms with Gasteiger partial charge in [-0.15, -0.1) is 0 Å². The van der Waals surface area contributed by atoms with Gasteiger partial charge in [0.2, 0.25) is 15.9 Å². The van der Waals surface area contributed by atoms with Crippen LogP contribution >= 0.6 is 0 Å². The molecule has 0 heterocycles. The van der Waals surface area contributed by atoms with Gasteiger partial charge in [0.15, 0.2) is 5.78 Å². The molecule has 0 radical (unpaired) electrons. The van der Waals surface area contributed by atoms with Crippen molar-refractivity contribution in [3.63, 3.8) is 0 Å². The molecule has 6 rings (SSSR count). The Labute approximate surface area is 183 Å². The number of amides is 1. The number of hydrogen-bond acceptors (Lipinski definition) is 5. The number of nitrogens with one attached hydrogen (secondary N) is 1. The molecule has 31 heavy (non-hydrogen) atoms. The molecular weight excluding hydrogens is 414 g/mol. The zero-order chi connectivity index (χ0) is 22.0. The number of nitrogen functional groups attached to an aromatic ring is 1. The summed E-state index contributed by atoms with van der Waals surface area (Å²) in [6, 6.07) is 6.33. The Hall–Kier alpha value is -1.93. The fraction of sp³-hybridized carbons (Fsp3) is 0.652. The number of rotatable bonds is 7. The maximum absolute atomic E-state index is 13.5. The van der Waals surface area contributed by atoms with Crippen LogP contribution in [0.1, 0.15) is 57.8 Å². The largest absolute Gasteiger partial charge is 0.398 e. The van der Waals surface area contributed by atoms with Crippen LogP contribution in [0, 0.1) is 29.1 Å². The Morgan fingerprint density at radius 3 is 2.26 bits per heavy atom. The number of anilines is 1. The molecule has 8 heteroatoms. The Balaban J connectivity index is 1.34. The van der Waals surface area contributed by atoms with Gasteiger partial charge in [-0.05, 0) is 87.2 Å². The van der Waals surface area contributed by atoms with E-state index in [-0.39, 0.29) is 33.6 Å². The maximum atomic E-state index is 13.5. The van der Waals surface area contributed by atoms with Gasteiger partial charge >= 0.3 is 0 Å². The van der Waals surface area contributed by atoms with E-state index in [4.69, 9.17) is 11.5 Å². The van der Waals surface area contributed by atoms with Crippen LogP contribution in [0.3, 0.4) is 0 Å². The normalized spacial score (nSPS) is 35.5. The molecule has 1 aromatic carbocycles. The van der Waals surface area contributed by atoms with Crippen LogP contribution in [-0.4, -0.2) is 25.6 Å². The van der Waals surface area contributed by atoms with Gasteiger partial charge in [0.05, 0.1) is 11.2 Å². The fourth-order valence-corrected chi connectivity index (χ4v) is 8.76. The predicted molar refractivity (Wildman–Crippen MR) is 116 cm³/mol. The van der Waals surface area contributed by atoms with E-state index in [0.29, 0.717) is 37.0 Å². The van der Waals surface area contributed by atoms with E-state index in [9.17, 15) is 18.0 Å². The van der Waals surface area contributed by atoms with Crippen LogP contribution in [0.25, 0.3) is 0 Å². The molecule has 168 valence electrons. The van der Waals surface area contributed by atoms with E-state index in [2.05, 4.69) is 4.72 Å². The lowest BCUT2D eigenvalue weighted by Gasteiger charge is -2.59. The van der Waals surface area contributed by atoms with Crippen molar-refractivity contribution in [2.75, 3.05) is 5.73 Å². The first-order valence-corrected chi connectivity index (χ1v) is 12.8. The molecule has 1 aromatic rings. The molecule has 1 amide bonds. The SMILES string of the molecule is NC(=O)C12CC3CC(C1)C(CC(=O)C1(NS(=O)(=O)c4ccccc4N)CCC1)C(C3)C2. The van der Waals surface area contributed by atoms with E-state index < -0.39 is 15.6 Å². The number of para-hydroxylation sites is 1. The Kier molecular flexibility index (Phi) is 4.75. The second-order valence-corrected chi connectivity index (χ2v) is 12.1. The van der Waals surface area contributed by atoms with Crippen LogP contribution in [0.2, 0.25) is 0 Å². The van der Waals surface area contributed by atoms with Gasteiger partial charge in [0.25, 0.3) is 0 Å². The molecule has 4 bridgehead atoms. The third-order valence-corrected chi connectivity index (χ3v) is 10.3. The van der Waals surface area contributed by atoms with Crippen molar-refractivity contribution in [3.8, 4) is 0 Å². The predicted octanol–water partition coefficient (Wildman–Crippen LogP) is 2.36. The number of hydrogen-bond donors (Lipinski definition) is 3. The summed E-state index contributed by atoms with van der Waals surface area (Å²) in [5, 5.41) is 0. The van der Waals surface area contributed by atoms with Crippen LogP contribution in [0.15, 0.2) is 29.2 Å². The van der Waals surface area contributed by atoms with Crippen molar-refractivity contribution in [2.24, 2.45) is 34.8 Å². The maximum Gasteiger partial charge on any atom is 0.243 e. The molecule has 0 spiro atoms. The molecule has 2 unspecified atom stereocenters. The number of Topliss-reactive ketones (excluding diaryl/α,β-unsaturated/α-hetero) is 1. The molecule has 7 nitrogen and oxygen atoms in total. The zero-order valence-electron chi connectivity index (χ0n) is 17.7. The van der Waals surface area contributed by atoms with Gasteiger partial charge in [0.1, 0.15) is 4.90 Å². The average Bonchev–Trinajstić information content (AvgIpc) is 2.67. The molecule has 5 saturated carbocycles. The molecule has 0 saturated heterocycles. The number of nitrogens with two attached hydrogens (primary N) is 2. The first kappa shape index (κ1) is 20.9. The standard InChI is InChI=1S/C23H31N3O4S/c24-18-4-1-2-5-19(18)31(29,30)26-23(6-3-7-23)20(27)10-17-15-8-14-9-16(17)13-22(11-14,12-15)21(25)28/h1-2,4-5,14-17,26H,3,6-13,24H2,(H2,25,28). The molecule has 0 aliphatic heterocycles. The average molecular weight is 446 g/mol. The molecule has 5 aliphatic rings. The monoisotopic (exact) mass is 445 g/mol. The highest BCUT2D eigenvalue weighted by molar-refractivity contribution is 7.89. The Morgan fingerprint density at radius 1 is 1.06 bits per heavy atom. The van der Waals surface area contributed by atoms with E-state index in [1.165, 1.54) is 6.07 Å². The summed E-state index contributed by atoms with van der Waals surface area (Å²) in [4.78, 5) is 25.7. The lowest BCUT2D eigenvalue weighted by atomic mass is 9.45. The second kappa shape index (κ2) is 7.04. The minimum Gasteiger partial charge on any atom is -0.398 e. The smallest absolute Gasteiger partial charge is 0.243 e. The minimum absolute atomic E-state index is 0.0116. The molecule has 5 N–H and O–H groups in total. The minimum atomic E-state index is -3.89. The van der Waals surface area contributed by atoms with Crippen LogP contribution in [0.5, 0.6) is 0 Å². The number of sulfonamides is 1. The van der Waals surface area contributed by atoms with Crippen molar-refractivity contribution in [3.05, 3.63) is 24.3 Å². The lowest BCUT2D eigenvalue weighted by Crippen LogP contribution is -2.61. The van der Waals surface area contributed by atoms with Crippen molar-refractivity contribution >= 4 is 27.4 Å². The molecule has 0 aromatic heterocycles. The van der Waals surface area contributed by atoms with Gasteiger partial charge in [-0.2, -0.15) is 4.72 Å². The van der Waals surface area contributed by atoms with Gasteiger partial charge in [-0.1, -0.05) is 12.1 Å². The topological polar surface area (TPSA) is 132 Å². The number of carbonyl (C=O) groups is 2. The van der Waals surface area contributed by atoms with Crippen LogP contribution < -0.4 is 16.2 Å². The molecule has 5 fully saturated rings. The number of primary amides is 1. The summed E-state index contributed by atoms with van der Waals surface area (Å²) in [7, 11) is -3.89. The number of carbonyl (C=O) groups excluding carboxylic acids is 2. The molecular formula is C23H31N3O4S. The van der Waals surface area contributed by atoms with E-state index in [0.717, 1.165) is 38.5 Å². The third-order valence-electron chi connectivity index (χ3n) is 8.69. The number of benzene rings is 1. The first-order chi connectivity index (χ1) is 14.6. The third kappa shape index (κ3) is 3.30. The summed E-state index contributed by atoms with van der Waals surface area (Å²) in [6.45, 7) is 0. The second-order valence-electron chi connectivity index (χ2n) is 10.5. The van der Waals surface area contributed by atoms with E-state index in [1.807, 2.05) is 0 Å². The Morgan fingerprint density at radius 2 is 1.71 bits per heavy atom. The molecule has 5 aliphatic carbocycles. The van der Waals surface area contributed by atoms with Crippen molar-refractivity contribution in [2.45, 2.75) is 68.2 Å². The van der Waals surface area contributed by atoms with Gasteiger partial charge in [-0.25, -0.2) is 8.42 Å². The van der Waals surface area contributed by atoms with Gasteiger partial charge < -0.3 is 11.5 Å². The lowest BCUT2D eigenvalue weighted by molar-refractivity contribution is -0.152. The quantitative estimate of drug-likeness (QED) is 0.554. The van der Waals surface area contributed by atoms with Crippen LogP contribution in [0.4, 0.5) is 5.69 Å². The Bertz CT molecular complexity index is 1020. The summed E-state index contributed by atoms with van der Waals surface area (Å²) in [5.41, 5.74) is 10.4. The van der Waals surface area contributed by atoms with Crippen molar-refractivity contribution in [1.29, 1.82) is 0 Å². The highest BCUT2D eigenvalue weighted by Gasteiger charge is 2.59. The van der Waals surface area contributed by atoms with Crippen LogP contribution in [-0.2, 0) is 19.6 Å². The zero-order valence-corrected chi connectivity index (χ0v) is 18.5. The summed E-state index contributed by atoms with van der Waals surface area (Å²) in [5.74, 6) is 1.24. The van der Waals surface area contributed by atoms with Crippen molar-refractivity contribution in [1.82, 2.24) is 4.72 Å². The summed E-state index contributed by atoms with van der Waals surface area (Å²) < 4.78 is 28.8. The highest BCUT2D eigenvalue weighted by atomic mass is 32.2. The number of ketones is 1. The highest BCUT2D eigenvalue weighted by Crippen LogP contribution is 2.63. The van der Waals surface area contributed by atoms with E-state index >= 15 is 0 Å². The first-order valence-electron chi connectivity index (χ1n) is 11.4. The summed E-state index contributed by atoms with van der Waals surface area (Å²) in [6.07, 6.45) is 6.83. The fourth-order valence-electron chi connectivity index (χ4n) is 7.18. The summed E-state index contributed by atoms with van der Waals surface area (Å²) >= 11 is 0. The van der Waals surface area contributed by atoms with Gasteiger partial charge in [0, 0.05) is 11.8 Å². The van der Waals surface area contributed by atoms with Gasteiger partial charge in [-0.3, -0.25) is 9.59 Å². The van der Waals surface area contributed by atoms with E-state index in [1.54, 1.807) is 18.2 Å². The van der Waals surface area contributed by atoms with Crippen molar-refractivity contribution < 1.29 is 18.0 Å². The molecule has 2 atom stereocenters.